The molecule has 0 amide bonds. The molecule has 23 heavy (non-hydrogen) atoms. The maximum absolute atomic E-state index is 9.60. The van der Waals surface area contributed by atoms with E-state index in [2.05, 4.69) is 17.1 Å². The van der Waals surface area contributed by atoms with Crippen LogP contribution in [0.25, 0.3) is 11.0 Å². The molecule has 4 nitrogen and oxygen atoms in total. The summed E-state index contributed by atoms with van der Waals surface area (Å²) in [6, 6.07) is 12.0. The lowest BCUT2D eigenvalue weighted by atomic mass is 10.0. The predicted octanol–water partition coefficient (Wildman–Crippen LogP) is 4.07. The first-order chi connectivity index (χ1) is 11.2. The number of ether oxygens (including phenoxy) is 1. The van der Waals surface area contributed by atoms with Crippen LogP contribution in [0.1, 0.15) is 36.8 Å². The number of aliphatic hydroxyl groups is 1. The molecule has 0 saturated carbocycles. The topological polar surface area (TPSA) is 55.5 Å². The second-order valence-corrected chi connectivity index (χ2v) is 5.63. The van der Waals surface area contributed by atoms with Gasteiger partial charge in [-0.05, 0) is 49.9 Å². The predicted molar refractivity (Wildman–Crippen MR) is 89.7 cm³/mol. The van der Waals surface area contributed by atoms with Crippen molar-refractivity contribution in [3.8, 4) is 5.88 Å². The Hall–Kier alpha value is -2.33. The molecule has 1 unspecified atom stereocenters. The highest BCUT2D eigenvalue weighted by atomic mass is 16.5. The van der Waals surface area contributed by atoms with Crippen LogP contribution in [0.2, 0.25) is 0 Å². The molecule has 1 aromatic carbocycles. The molecule has 0 fully saturated rings. The second-order valence-electron chi connectivity index (χ2n) is 5.63. The molecule has 0 aliphatic rings. The molecule has 4 heteroatoms. The Morgan fingerprint density at radius 2 is 1.91 bits per heavy atom. The van der Waals surface area contributed by atoms with E-state index in [0.717, 1.165) is 23.8 Å². The number of furan rings is 1. The van der Waals surface area contributed by atoms with Gasteiger partial charge in [0.1, 0.15) is 17.4 Å². The molecule has 2 aromatic heterocycles. The Kier molecular flexibility index (Phi) is 4.63. The summed E-state index contributed by atoms with van der Waals surface area (Å²) in [7, 11) is 0. The van der Waals surface area contributed by atoms with Gasteiger partial charge in [-0.25, -0.2) is 4.98 Å². The highest BCUT2D eigenvalue weighted by Crippen LogP contribution is 2.25. The monoisotopic (exact) mass is 311 g/mol. The summed E-state index contributed by atoms with van der Waals surface area (Å²) in [5.41, 5.74) is 3.21. The van der Waals surface area contributed by atoms with Crippen molar-refractivity contribution >= 4 is 11.0 Å². The third-order valence-corrected chi connectivity index (χ3v) is 3.81. The van der Waals surface area contributed by atoms with Crippen LogP contribution in [0.4, 0.5) is 0 Å². The van der Waals surface area contributed by atoms with E-state index < -0.39 is 6.10 Å². The van der Waals surface area contributed by atoms with Crippen molar-refractivity contribution in [1.29, 1.82) is 0 Å². The van der Waals surface area contributed by atoms with E-state index in [-0.39, 0.29) is 0 Å². The van der Waals surface area contributed by atoms with E-state index in [1.807, 2.05) is 37.4 Å². The normalized spacial score (nSPS) is 12.5. The quantitative estimate of drug-likeness (QED) is 0.745. The molecule has 0 spiro atoms. The zero-order valence-electron chi connectivity index (χ0n) is 13.5. The van der Waals surface area contributed by atoms with Crippen LogP contribution < -0.4 is 4.74 Å². The zero-order chi connectivity index (χ0) is 16.2. The molecule has 120 valence electrons. The average Bonchev–Trinajstić information content (AvgIpc) is 2.98. The van der Waals surface area contributed by atoms with Crippen molar-refractivity contribution in [2.45, 2.75) is 32.8 Å². The Labute approximate surface area is 135 Å². The molecule has 1 atom stereocenters. The van der Waals surface area contributed by atoms with E-state index in [9.17, 15) is 5.11 Å². The summed E-state index contributed by atoms with van der Waals surface area (Å²) >= 11 is 0. The number of benzene rings is 1. The second kappa shape index (κ2) is 6.84. The minimum Gasteiger partial charge on any atom is -0.478 e. The number of aryl methyl sites for hydroxylation is 2. The Bertz CT molecular complexity index is 775. The van der Waals surface area contributed by atoms with Gasteiger partial charge in [0.25, 0.3) is 0 Å². The molecule has 0 bridgehead atoms. The van der Waals surface area contributed by atoms with Crippen molar-refractivity contribution in [3.05, 3.63) is 59.5 Å². The third kappa shape index (κ3) is 3.71. The minimum atomic E-state index is -0.583. The fourth-order valence-corrected chi connectivity index (χ4v) is 2.54. The Morgan fingerprint density at radius 3 is 2.61 bits per heavy atom. The van der Waals surface area contributed by atoms with E-state index in [1.54, 1.807) is 6.92 Å². The van der Waals surface area contributed by atoms with Gasteiger partial charge >= 0.3 is 0 Å². The van der Waals surface area contributed by atoms with Crippen LogP contribution in [0.15, 0.2) is 47.0 Å². The molecule has 0 saturated heterocycles. The van der Waals surface area contributed by atoms with Gasteiger partial charge in [-0.2, -0.15) is 0 Å². The van der Waals surface area contributed by atoms with Gasteiger partial charge in [-0.3, -0.25) is 0 Å². The number of hydrogen-bond acceptors (Lipinski definition) is 4. The molecule has 3 aromatic rings. The van der Waals surface area contributed by atoms with Crippen LogP contribution in [-0.2, 0) is 12.8 Å². The summed E-state index contributed by atoms with van der Waals surface area (Å²) in [6.07, 6.45) is 3.11. The maximum Gasteiger partial charge on any atom is 0.213 e. The fourth-order valence-electron chi connectivity index (χ4n) is 2.54. The lowest BCUT2D eigenvalue weighted by molar-refractivity contribution is 0.172. The smallest absolute Gasteiger partial charge is 0.213 e. The van der Waals surface area contributed by atoms with Crippen molar-refractivity contribution in [2.24, 2.45) is 0 Å². The van der Waals surface area contributed by atoms with Crippen LogP contribution in [0.3, 0.4) is 0 Å². The largest absolute Gasteiger partial charge is 0.478 e. The summed E-state index contributed by atoms with van der Waals surface area (Å²) < 4.78 is 11.0. The van der Waals surface area contributed by atoms with Crippen LogP contribution in [0.5, 0.6) is 5.88 Å². The summed E-state index contributed by atoms with van der Waals surface area (Å²) in [5.74, 6) is 1.27. The first kappa shape index (κ1) is 15.6. The Morgan fingerprint density at radius 1 is 1.13 bits per heavy atom. The van der Waals surface area contributed by atoms with Gasteiger partial charge < -0.3 is 14.3 Å². The van der Waals surface area contributed by atoms with Gasteiger partial charge in [0.15, 0.2) is 0 Å². The molecular formula is C19H21NO3. The summed E-state index contributed by atoms with van der Waals surface area (Å²) in [4.78, 5) is 4.28. The minimum absolute atomic E-state index is 0.583. The van der Waals surface area contributed by atoms with E-state index in [1.165, 1.54) is 11.1 Å². The van der Waals surface area contributed by atoms with Crippen molar-refractivity contribution in [1.82, 2.24) is 4.98 Å². The third-order valence-electron chi connectivity index (χ3n) is 3.81. The number of aromatic nitrogens is 1. The van der Waals surface area contributed by atoms with Gasteiger partial charge in [0.05, 0.1) is 6.61 Å². The highest BCUT2D eigenvalue weighted by molar-refractivity contribution is 5.78. The number of nitrogens with zero attached hydrogens (tertiary/aromatic N) is 1. The van der Waals surface area contributed by atoms with E-state index >= 15 is 0 Å². The number of aliphatic hydroxyl groups excluding tert-OH is 1. The molecule has 0 aliphatic heterocycles. The molecule has 1 N–H and O–H groups in total. The highest BCUT2D eigenvalue weighted by Gasteiger charge is 2.09. The van der Waals surface area contributed by atoms with Crippen LogP contribution >= 0.6 is 0 Å². The lowest BCUT2D eigenvalue weighted by Gasteiger charge is -2.04. The van der Waals surface area contributed by atoms with Gasteiger partial charge in [0, 0.05) is 17.6 Å². The molecule has 0 aliphatic carbocycles. The zero-order valence-corrected chi connectivity index (χ0v) is 13.5. The standard InChI is InChI=1S/C19H21NO3/c1-3-22-19-9-7-15(12-20-19)5-4-14-6-8-16-11-17(13(2)21)23-18(16)10-14/h6-13,21H,3-5H2,1-2H3. The summed E-state index contributed by atoms with van der Waals surface area (Å²) in [5, 5.41) is 10.6. The van der Waals surface area contributed by atoms with Gasteiger partial charge in [0.2, 0.25) is 5.88 Å². The number of rotatable bonds is 6. The lowest BCUT2D eigenvalue weighted by Crippen LogP contribution is -1.96. The SMILES string of the molecule is CCOc1ccc(CCc2ccc3cc(C(C)O)oc3c2)cn1. The van der Waals surface area contributed by atoms with Crippen molar-refractivity contribution in [2.75, 3.05) is 6.61 Å². The van der Waals surface area contributed by atoms with Crippen LogP contribution in [0, 0.1) is 0 Å². The number of fused-ring (bicyclic) bond motifs is 1. The molecule has 2 heterocycles. The van der Waals surface area contributed by atoms with E-state index in [4.69, 9.17) is 9.15 Å². The first-order valence-corrected chi connectivity index (χ1v) is 7.94. The van der Waals surface area contributed by atoms with Gasteiger partial charge in [-0.1, -0.05) is 18.2 Å². The maximum atomic E-state index is 9.60. The fraction of sp³-hybridized carbons (Fsp3) is 0.316. The van der Waals surface area contributed by atoms with Crippen molar-refractivity contribution in [3.63, 3.8) is 0 Å². The summed E-state index contributed by atoms with van der Waals surface area (Å²) in [6.45, 7) is 4.28. The average molecular weight is 311 g/mol. The molecule has 3 rings (SSSR count). The molecular weight excluding hydrogens is 290 g/mol. The first-order valence-electron chi connectivity index (χ1n) is 7.94. The van der Waals surface area contributed by atoms with Crippen LogP contribution in [-0.4, -0.2) is 16.7 Å². The molecule has 0 radical (unpaired) electrons. The van der Waals surface area contributed by atoms with Crippen molar-refractivity contribution < 1.29 is 14.3 Å². The van der Waals surface area contributed by atoms with Gasteiger partial charge in [-0.15, -0.1) is 0 Å². The number of pyridine rings is 1. The number of hydrogen-bond donors (Lipinski definition) is 1. The van der Waals surface area contributed by atoms with E-state index in [0.29, 0.717) is 18.2 Å². The Balaban J connectivity index is 1.68.